The number of hydrogen-bond donors (Lipinski definition) is 2. The van der Waals surface area contributed by atoms with Crippen molar-refractivity contribution in [1.29, 1.82) is 0 Å². The molecule has 1 aromatic carbocycles. The molecule has 2 aromatic rings. The molecule has 2 amide bonds. The number of thiophene rings is 1. The molecular weight excluding hydrogens is 322 g/mol. The second kappa shape index (κ2) is 7.59. The van der Waals surface area contributed by atoms with Crippen LogP contribution >= 0.6 is 11.3 Å². The summed E-state index contributed by atoms with van der Waals surface area (Å²) in [5.74, 6) is -0.186. The SMILES string of the molecule is CN1CCC(NC(=O)c2ccc(NC(=O)c3cccs3)cc2)CC1. The molecule has 2 heterocycles. The van der Waals surface area contributed by atoms with Gasteiger partial charge in [0.2, 0.25) is 0 Å². The van der Waals surface area contributed by atoms with Gasteiger partial charge >= 0.3 is 0 Å². The van der Waals surface area contributed by atoms with E-state index in [1.165, 1.54) is 11.3 Å². The molecule has 0 spiro atoms. The quantitative estimate of drug-likeness (QED) is 0.897. The first-order valence-electron chi connectivity index (χ1n) is 8.06. The molecule has 0 bridgehead atoms. The Balaban J connectivity index is 1.55. The van der Waals surface area contributed by atoms with E-state index in [0.29, 0.717) is 16.1 Å². The lowest BCUT2D eigenvalue weighted by atomic mass is 10.0. The number of carbonyl (C=O) groups is 2. The summed E-state index contributed by atoms with van der Waals surface area (Å²) in [5, 5.41) is 7.78. The number of benzene rings is 1. The van der Waals surface area contributed by atoms with Crippen LogP contribution in [0.5, 0.6) is 0 Å². The van der Waals surface area contributed by atoms with Gasteiger partial charge in [-0.25, -0.2) is 0 Å². The summed E-state index contributed by atoms with van der Waals surface area (Å²) in [6, 6.07) is 10.9. The van der Waals surface area contributed by atoms with Crippen molar-refractivity contribution >= 4 is 28.8 Å². The predicted molar refractivity (Wildman–Crippen MR) is 96.7 cm³/mol. The molecule has 126 valence electrons. The van der Waals surface area contributed by atoms with E-state index in [1.54, 1.807) is 30.3 Å². The third kappa shape index (κ3) is 4.21. The van der Waals surface area contributed by atoms with Crippen LogP contribution in [0.3, 0.4) is 0 Å². The maximum Gasteiger partial charge on any atom is 0.265 e. The van der Waals surface area contributed by atoms with E-state index in [9.17, 15) is 9.59 Å². The Morgan fingerprint density at radius 3 is 2.42 bits per heavy atom. The van der Waals surface area contributed by atoms with Crippen molar-refractivity contribution in [2.75, 3.05) is 25.5 Å². The van der Waals surface area contributed by atoms with Gasteiger partial charge < -0.3 is 15.5 Å². The van der Waals surface area contributed by atoms with E-state index in [0.717, 1.165) is 25.9 Å². The number of anilines is 1. The molecule has 24 heavy (non-hydrogen) atoms. The molecule has 0 unspecified atom stereocenters. The van der Waals surface area contributed by atoms with Crippen LogP contribution in [0.4, 0.5) is 5.69 Å². The minimum atomic E-state index is -0.131. The van der Waals surface area contributed by atoms with Crippen molar-refractivity contribution in [1.82, 2.24) is 10.2 Å². The fraction of sp³-hybridized carbons (Fsp3) is 0.333. The summed E-state index contributed by atoms with van der Waals surface area (Å²) in [6.45, 7) is 2.03. The number of hydrogen-bond acceptors (Lipinski definition) is 4. The van der Waals surface area contributed by atoms with Crippen LogP contribution in [0.15, 0.2) is 41.8 Å². The molecule has 1 aliphatic heterocycles. The van der Waals surface area contributed by atoms with Crippen LogP contribution in [0.25, 0.3) is 0 Å². The van der Waals surface area contributed by atoms with E-state index in [1.807, 2.05) is 11.4 Å². The summed E-state index contributed by atoms with van der Waals surface area (Å²) in [5.41, 5.74) is 1.30. The molecule has 0 saturated carbocycles. The summed E-state index contributed by atoms with van der Waals surface area (Å²) in [6.07, 6.45) is 1.97. The molecule has 0 atom stereocenters. The van der Waals surface area contributed by atoms with E-state index in [-0.39, 0.29) is 17.9 Å². The van der Waals surface area contributed by atoms with Crippen LogP contribution in [-0.2, 0) is 0 Å². The van der Waals surface area contributed by atoms with Crippen molar-refractivity contribution in [3.05, 3.63) is 52.2 Å². The van der Waals surface area contributed by atoms with Crippen molar-refractivity contribution in [2.24, 2.45) is 0 Å². The second-order valence-corrected chi connectivity index (χ2v) is 7.01. The summed E-state index contributed by atoms with van der Waals surface area (Å²) < 4.78 is 0. The molecule has 1 aliphatic rings. The van der Waals surface area contributed by atoms with Gasteiger partial charge in [0.1, 0.15) is 0 Å². The molecule has 1 aromatic heterocycles. The van der Waals surface area contributed by atoms with Gasteiger partial charge in [-0.15, -0.1) is 11.3 Å². The van der Waals surface area contributed by atoms with Crippen LogP contribution in [0, 0.1) is 0 Å². The standard InChI is InChI=1S/C18H21N3O2S/c1-21-10-8-15(9-11-21)19-17(22)13-4-6-14(7-5-13)20-18(23)16-3-2-12-24-16/h2-7,12,15H,8-11H2,1H3,(H,19,22)(H,20,23). The number of carbonyl (C=O) groups excluding carboxylic acids is 2. The number of likely N-dealkylation sites (tertiary alicyclic amines) is 1. The van der Waals surface area contributed by atoms with Gasteiger partial charge in [-0.05, 0) is 68.7 Å². The normalized spacial score (nSPS) is 15.9. The molecule has 3 rings (SSSR count). The average molecular weight is 343 g/mol. The Hall–Kier alpha value is -2.18. The fourth-order valence-corrected chi connectivity index (χ4v) is 3.35. The Kier molecular flexibility index (Phi) is 5.27. The van der Waals surface area contributed by atoms with Crippen LogP contribution in [0.2, 0.25) is 0 Å². The number of rotatable bonds is 4. The zero-order valence-electron chi connectivity index (χ0n) is 13.6. The van der Waals surface area contributed by atoms with Gasteiger partial charge in [0, 0.05) is 17.3 Å². The van der Waals surface area contributed by atoms with Crippen LogP contribution in [-0.4, -0.2) is 42.9 Å². The lowest BCUT2D eigenvalue weighted by Crippen LogP contribution is -2.43. The maximum atomic E-state index is 12.3. The van der Waals surface area contributed by atoms with Gasteiger partial charge in [-0.3, -0.25) is 9.59 Å². The Morgan fingerprint density at radius 2 is 1.79 bits per heavy atom. The summed E-state index contributed by atoms with van der Waals surface area (Å²) >= 11 is 1.40. The zero-order valence-corrected chi connectivity index (χ0v) is 14.4. The molecular formula is C18H21N3O2S. The highest BCUT2D eigenvalue weighted by molar-refractivity contribution is 7.12. The molecule has 1 fully saturated rings. The summed E-state index contributed by atoms with van der Waals surface area (Å²) in [7, 11) is 2.10. The third-order valence-electron chi connectivity index (χ3n) is 4.20. The first-order chi connectivity index (χ1) is 11.6. The predicted octanol–water partition coefficient (Wildman–Crippen LogP) is 2.82. The van der Waals surface area contributed by atoms with Crippen molar-refractivity contribution < 1.29 is 9.59 Å². The first-order valence-corrected chi connectivity index (χ1v) is 8.94. The van der Waals surface area contributed by atoms with Crippen LogP contribution < -0.4 is 10.6 Å². The maximum absolute atomic E-state index is 12.3. The van der Waals surface area contributed by atoms with Crippen molar-refractivity contribution in [3.8, 4) is 0 Å². The highest BCUT2D eigenvalue weighted by atomic mass is 32.1. The van der Waals surface area contributed by atoms with Gasteiger partial charge in [0.15, 0.2) is 0 Å². The third-order valence-corrected chi connectivity index (χ3v) is 5.07. The van der Waals surface area contributed by atoms with Gasteiger partial charge in [-0.1, -0.05) is 6.07 Å². The molecule has 0 aliphatic carbocycles. The molecule has 6 heteroatoms. The van der Waals surface area contributed by atoms with E-state index >= 15 is 0 Å². The van der Waals surface area contributed by atoms with Crippen molar-refractivity contribution in [3.63, 3.8) is 0 Å². The minimum Gasteiger partial charge on any atom is -0.349 e. The van der Waals surface area contributed by atoms with Gasteiger partial charge in [-0.2, -0.15) is 0 Å². The van der Waals surface area contributed by atoms with E-state index < -0.39 is 0 Å². The lowest BCUT2D eigenvalue weighted by molar-refractivity contribution is 0.0916. The largest absolute Gasteiger partial charge is 0.349 e. The van der Waals surface area contributed by atoms with Gasteiger partial charge in [0.25, 0.3) is 11.8 Å². The van der Waals surface area contributed by atoms with Crippen LogP contribution in [0.1, 0.15) is 32.9 Å². The van der Waals surface area contributed by atoms with E-state index in [4.69, 9.17) is 0 Å². The monoisotopic (exact) mass is 343 g/mol. The van der Waals surface area contributed by atoms with Gasteiger partial charge in [0.05, 0.1) is 4.88 Å². The smallest absolute Gasteiger partial charge is 0.265 e. The number of piperidine rings is 1. The van der Waals surface area contributed by atoms with Crippen molar-refractivity contribution in [2.45, 2.75) is 18.9 Å². The first kappa shape index (κ1) is 16.7. The Labute approximate surface area is 145 Å². The lowest BCUT2D eigenvalue weighted by Gasteiger charge is -2.29. The second-order valence-electron chi connectivity index (χ2n) is 6.06. The fourth-order valence-electron chi connectivity index (χ4n) is 2.73. The highest BCUT2D eigenvalue weighted by Gasteiger charge is 2.19. The molecule has 2 N–H and O–H groups in total. The molecule has 0 radical (unpaired) electrons. The molecule has 5 nitrogen and oxygen atoms in total. The number of nitrogens with one attached hydrogen (secondary N) is 2. The topological polar surface area (TPSA) is 61.4 Å². The number of nitrogens with zero attached hydrogens (tertiary/aromatic N) is 1. The highest BCUT2D eigenvalue weighted by Crippen LogP contribution is 2.15. The average Bonchev–Trinajstić information content (AvgIpc) is 3.12. The zero-order chi connectivity index (χ0) is 16.9. The molecule has 1 saturated heterocycles. The Morgan fingerprint density at radius 1 is 1.08 bits per heavy atom. The minimum absolute atomic E-state index is 0.0549. The summed E-state index contributed by atoms with van der Waals surface area (Å²) in [4.78, 5) is 27.2. The number of amides is 2. The Bertz CT molecular complexity index is 690. The van der Waals surface area contributed by atoms with E-state index in [2.05, 4.69) is 22.6 Å².